The van der Waals surface area contributed by atoms with Crippen LogP contribution in [0.2, 0.25) is 0 Å². The zero-order valence-corrected chi connectivity index (χ0v) is 15.5. The van der Waals surface area contributed by atoms with Crippen LogP contribution in [0.4, 0.5) is 0 Å². The van der Waals surface area contributed by atoms with Crippen molar-refractivity contribution in [2.75, 3.05) is 27.3 Å². The molecule has 0 radical (unpaired) electrons. The van der Waals surface area contributed by atoms with Crippen molar-refractivity contribution in [3.63, 3.8) is 0 Å². The van der Waals surface area contributed by atoms with Crippen molar-refractivity contribution in [2.45, 2.75) is 25.9 Å². The third kappa shape index (κ3) is 4.35. The summed E-state index contributed by atoms with van der Waals surface area (Å²) in [5.74, 6) is 1.05. The Bertz CT molecular complexity index is 755. The molecule has 1 aliphatic heterocycles. The Morgan fingerprint density at radius 3 is 2.38 bits per heavy atom. The van der Waals surface area contributed by atoms with Gasteiger partial charge >= 0.3 is 0 Å². The van der Waals surface area contributed by atoms with Gasteiger partial charge in [-0.2, -0.15) is 0 Å². The van der Waals surface area contributed by atoms with E-state index in [1.54, 1.807) is 37.3 Å². The van der Waals surface area contributed by atoms with Crippen molar-refractivity contribution in [2.24, 2.45) is 0 Å². The predicted molar refractivity (Wildman–Crippen MR) is 101 cm³/mol. The summed E-state index contributed by atoms with van der Waals surface area (Å²) in [6, 6.07) is 13.6. The van der Waals surface area contributed by atoms with Gasteiger partial charge in [-0.3, -0.25) is 4.79 Å². The molecule has 1 heterocycles. The van der Waals surface area contributed by atoms with E-state index in [4.69, 9.17) is 9.47 Å². The van der Waals surface area contributed by atoms with Crippen molar-refractivity contribution in [3.8, 4) is 11.5 Å². The Morgan fingerprint density at radius 2 is 1.69 bits per heavy atom. The molecule has 0 atom stereocenters. The SMILES string of the molecule is COc1ccc(C(=O)NCc2ccccc2C[NH+]2CCCC2)cc1OC. The molecule has 1 saturated heterocycles. The van der Waals surface area contributed by atoms with E-state index in [1.165, 1.54) is 37.1 Å². The highest BCUT2D eigenvalue weighted by molar-refractivity contribution is 5.94. The summed E-state index contributed by atoms with van der Waals surface area (Å²) in [7, 11) is 3.15. The largest absolute Gasteiger partial charge is 0.493 e. The molecule has 138 valence electrons. The number of nitrogens with one attached hydrogen (secondary N) is 2. The number of hydrogen-bond acceptors (Lipinski definition) is 3. The van der Waals surface area contributed by atoms with Gasteiger partial charge in [0.15, 0.2) is 11.5 Å². The molecule has 2 aromatic carbocycles. The molecule has 2 N–H and O–H groups in total. The number of amides is 1. The average Bonchev–Trinajstić information content (AvgIpc) is 3.19. The third-order valence-corrected chi connectivity index (χ3v) is 4.95. The van der Waals surface area contributed by atoms with Gasteiger partial charge in [-0.1, -0.05) is 24.3 Å². The molecule has 3 rings (SSSR count). The Balaban J connectivity index is 1.66. The number of hydrogen-bond donors (Lipinski definition) is 2. The molecule has 0 aromatic heterocycles. The van der Waals surface area contributed by atoms with Crippen LogP contribution in [-0.4, -0.2) is 33.2 Å². The lowest BCUT2D eigenvalue weighted by molar-refractivity contribution is -0.901. The molecule has 1 aliphatic rings. The molecule has 1 fully saturated rings. The molecule has 2 aromatic rings. The Morgan fingerprint density at radius 1 is 1.00 bits per heavy atom. The number of benzene rings is 2. The summed E-state index contributed by atoms with van der Waals surface area (Å²) in [6.07, 6.45) is 2.63. The fourth-order valence-corrected chi connectivity index (χ4v) is 3.48. The summed E-state index contributed by atoms with van der Waals surface area (Å²) in [4.78, 5) is 14.2. The van der Waals surface area contributed by atoms with Crippen molar-refractivity contribution in [1.82, 2.24) is 5.32 Å². The monoisotopic (exact) mass is 355 g/mol. The van der Waals surface area contributed by atoms with E-state index in [0.717, 1.165) is 6.54 Å². The zero-order valence-electron chi connectivity index (χ0n) is 15.5. The van der Waals surface area contributed by atoms with Gasteiger partial charge < -0.3 is 19.7 Å². The standard InChI is InChI=1S/C21H26N2O3/c1-25-19-10-9-16(13-20(19)26-2)21(24)22-14-17-7-3-4-8-18(17)15-23-11-5-6-12-23/h3-4,7-10,13H,5-6,11-12,14-15H2,1-2H3,(H,22,24)/p+1. The lowest BCUT2D eigenvalue weighted by Crippen LogP contribution is -3.08. The van der Waals surface area contributed by atoms with Crippen LogP contribution in [0.15, 0.2) is 42.5 Å². The maximum absolute atomic E-state index is 12.5. The number of quaternary nitrogens is 1. The van der Waals surface area contributed by atoms with E-state index in [2.05, 4.69) is 23.5 Å². The normalized spacial score (nSPS) is 14.2. The molecular weight excluding hydrogens is 328 g/mol. The third-order valence-electron chi connectivity index (χ3n) is 4.95. The Kier molecular flexibility index (Phi) is 6.12. The van der Waals surface area contributed by atoms with Gasteiger partial charge in [0.05, 0.1) is 27.3 Å². The number of carbonyl (C=O) groups is 1. The topological polar surface area (TPSA) is 52.0 Å². The molecule has 1 amide bonds. The number of ether oxygens (including phenoxy) is 2. The first-order chi connectivity index (χ1) is 12.7. The van der Waals surface area contributed by atoms with Gasteiger partial charge in [0.2, 0.25) is 0 Å². The summed E-state index contributed by atoms with van der Waals surface area (Å²) < 4.78 is 10.5. The van der Waals surface area contributed by atoms with Gasteiger partial charge in [-0.05, 0) is 23.8 Å². The molecule has 5 nitrogen and oxygen atoms in total. The molecule has 5 heteroatoms. The second-order valence-corrected chi connectivity index (χ2v) is 6.66. The van der Waals surface area contributed by atoms with Gasteiger partial charge in [-0.15, -0.1) is 0 Å². The molecule has 0 aliphatic carbocycles. The van der Waals surface area contributed by atoms with Gasteiger partial charge in [0.25, 0.3) is 5.91 Å². The quantitative estimate of drug-likeness (QED) is 0.797. The zero-order chi connectivity index (χ0) is 18.4. The maximum atomic E-state index is 12.5. The first kappa shape index (κ1) is 18.3. The van der Waals surface area contributed by atoms with E-state index in [1.807, 2.05) is 6.07 Å². The van der Waals surface area contributed by atoms with E-state index < -0.39 is 0 Å². The molecule has 0 saturated carbocycles. The first-order valence-electron chi connectivity index (χ1n) is 9.12. The van der Waals surface area contributed by atoms with E-state index in [-0.39, 0.29) is 5.91 Å². The van der Waals surface area contributed by atoms with Crippen LogP contribution in [-0.2, 0) is 13.1 Å². The number of rotatable bonds is 7. The van der Waals surface area contributed by atoms with Crippen LogP contribution >= 0.6 is 0 Å². The molecule has 26 heavy (non-hydrogen) atoms. The molecular formula is C21H27N2O3+. The highest BCUT2D eigenvalue weighted by Crippen LogP contribution is 2.27. The lowest BCUT2D eigenvalue weighted by Gasteiger charge is -2.16. The van der Waals surface area contributed by atoms with E-state index >= 15 is 0 Å². The minimum atomic E-state index is -0.116. The van der Waals surface area contributed by atoms with Crippen LogP contribution < -0.4 is 19.7 Å². The van der Waals surface area contributed by atoms with Crippen LogP contribution in [0.3, 0.4) is 0 Å². The van der Waals surface area contributed by atoms with E-state index in [9.17, 15) is 4.79 Å². The van der Waals surface area contributed by atoms with Crippen LogP contribution in [0, 0.1) is 0 Å². The highest BCUT2D eigenvalue weighted by atomic mass is 16.5. The Labute approximate surface area is 154 Å². The summed E-state index contributed by atoms with van der Waals surface area (Å²) >= 11 is 0. The number of carbonyl (C=O) groups excluding carboxylic acids is 1. The summed E-state index contributed by atoms with van der Waals surface area (Å²) in [6.45, 7) is 4.04. The highest BCUT2D eigenvalue weighted by Gasteiger charge is 2.17. The fourth-order valence-electron chi connectivity index (χ4n) is 3.48. The van der Waals surface area contributed by atoms with Gasteiger partial charge in [0, 0.05) is 30.5 Å². The van der Waals surface area contributed by atoms with Crippen molar-refractivity contribution >= 4 is 5.91 Å². The molecule has 0 bridgehead atoms. The lowest BCUT2D eigenvalue weighted by atomic mass is 10.1. The van der Waals surface area contributed by atoms with Crippen molar-refractivity contribution in [1.29, 1.82) is 0 Å². The van der Waals surface area contributed by atoms with Crippen LogP contribution in [0.1, 0.15) is 34.3 Å². The molecule has 0 unspecified atom stereocenters. The minimum Gasteiger partial charge on any atom is -0.493 e. The average molecular weight is 355 g/mol. The number of methoxy groups -OCH3 is 2. The molecule has 0 spiro atoms. The van der Waals surface area contributed by atoms with Gasteiger partial charge in [-0.25, -0.2) is 0 Å². The first-order valence-corrected chi connectivity index (χ1v) is 9.12. The second kappa shape index (κ2) is 8.72. The minimum absolute atomic E-state index is 0.116. The summed E-state index contributed by atoms with van der Waals surface area (Å²) in [5, 5.41) is 3.02. The number of likely N-dealkylation sites (tertiary alicyclic amines) is 1. The smallest absolute Gasteiger partial charge is 0.251 e. The van der Waals surface area contributed by atoms with Crippen LogP contribution in [0.25, 0.3) is 0 Å². The fraction of sp³-hybridized carbons (Fsp3) is 0.381. The van der Waals surface area contributed by atoms with Gasteiger partial charge in [0.1, 0.15) is 6.54 Å². The van der Waals surface area contributed by atoms with Crippen LogP contribution in [0.5, 0.6) is 11.5 Å². The second-order valence-electron chi connectivity index (χ2n) is 6.66. The van der Waals surface area contributed by atoms with E-state index in [0.29, 0.717) is 23.6 Å². The summed E-state index contributed by atoms with van der Waals surface area (Å²) in [5.41, 5.74) is 3.06. The van der Waals surface area contributed by atoms with Crippen molar-refractivity contribution < 1.29 is 19.2 Å². The van der Waals surface area contributed by atoms with Crippen molar-refractivity contribution in [3.05, 3.63) is 59.2 Å². The maximum Gasteiger partial charge on any atom is 0.251 e. The predicted octanol–water partition coefficient (Wildman–Crippen LogP) is 1.81. The Hall–Kier alpha value is -2.53.